The third-order valence-corrected chi connectivity index (χ3v) is 2.35. The monoisotopic (exact) mass is 205 g/mol. The first-order valence-corrected chi connectivity index (χ1v) is 5.20. The molecular formula is C12H19N3. The second kappa shape index (κ2) is 4.94. The van der Waals surface area contributed by atoms with Crippen LogP contribution in [0, 0.1) is 11.3 Å². The molecule has 15 heavy (non-hydrogen) atoms. The molecule has 0 aliphatic rings. The highest BCUT2D eigenvalue weighted by Gasteiger charge is 2.09. The zero-order valence-corrected chi connectivity index (χ0v) is 9.33. The molecule has 5 N–H and O–H groups in total. The lowest BCUT2D eigenvalue weighted by molar-refractivity contribution is 0.510. The van der Waals surface area contributed by atoms with Gasteiger partial charge in [0.05, 0.1) is 0 Å². The fourth-order valence-corrected chi connectivity index (χ4v) is 1.58. The van der Waals surface area contributed by atoms with Crippen molar-refractivity contribution in [2.24, 2.45) is 17.4 Å². The molecule has 0 aliphatic carbocycles. The van der Waals surface area contributed by atoms with E-state index < -0.39 is 0 Å². The van der Waals surface area contributed by atoms with E-state index in [4.69, 9.17) is 16.9 Å². The number of amidine groups is 1. The van der Waals surface area contributed by atoms with E-state index in [-0.39, 0.29) is 11.9 Å². The fourth-order valence-electron chi connectivity index (χ4n) is 1.58. The third-order valence-electron chi connectivity index (χ3n) is 2.35. The first-order valence-electron chi connectivity index (χ1n) is 5.20. The van der Waals surface area contributed by atoms with Gasteiger partial charge in [-0.25, -0.2) is 0 Å². The minimum Gasteiger partial charge on any atom is -0.384 e. The van der Waals surface area contributed by atoms with Crippen LogP contribution in [0.4, 0.5) is 0 Å². The third kappa shape index (κ3) is 3.36. The first kappa shape index (κ1) is 11.7. The van der Waals surface area contributed by atoms with E-state index in [1.165, 1.54) is 0 Å². The molecule has 0 radical (unpaired) electrons. The van der Waals surface area contributed by atoms with E-state index in [0.717, 1.165) is 17.5 Å². The Morgan fingerprint density at radius 1 is 1.40 bits per heavy atom. The largest absolute Gasteiger partial charge is 0.384 e. The van der Waals surface area contributed by atoms with Crippen molar-refractivity contribution in [3.63, 3.8) is 0 Å². The number of hydrogen-bond acceptors (Lipinski definition) is 2. The number of nitrogens with two attached hydrogens (primary N) is 2. The second-order valence-electron chi connectivity index (χ2n) is 4.28. The lowest BCUT2D eigenvalue weighted by Gasteiger charge is -2.15. The van der Waals surface area contributed by atoms with Gasteiger partial charge in [-0.2, -0.15) is 0 Å². The highest BCUT2D eigenvalue weighted by molar-refractivity contribution is 5.95. The van der Waals surface area contributed by atoms with Gasteiger partial charge < -0.3 is 11.5 Å². The van der Waals surface area contributed by atoms with Gasteiger partial charge in [0.2, 0.25) is 0 Å². The van der Waals surface area contributed by atoms with Gasteiger partial charge in [-0.15, -0.1) is 0 Å². The summed E-state index contributed by atoms with van der Waals surface area (Å²) in [5, 5.41) is 7.35. The summed E-state index contributed by atoms with van der Waals surface area (Å²) < 4.78 is 0. The maximum absolute atomic E-state index is 7.35. The summed E-state index contributed by atoms with van der Waals surface area (Å²) in [6, 6.07) is 7.64. The quantitative estimate of drug-likeness (QED) is 0.519. The van der Waals surface area contributed by atoms with Gasteiger partial charge in [0.15, 0.2) is 0 Å². The van der Waals surface area contributed by atoms with Crippen molar-refractivity contribution in [3.05, 3.63) is 35.4 Å². The highest BCUT2D eigenvalue weighted by Crippen LogP contribution is 2.19. The summed E-state index contributed by atoms with van der Waals surface area (Å²) in [5.74, 6) is 0.662. The fraction of sp³-hybridized carbons (Fsp3) is 0.417. The van der Waals surface area contributed by atoms with Crippen molar-refractivity contribution in [3.8, 4) is 0 Å². The lowest BCUT2D eigenvalue weighted by atomic mass is 9.96. The van der Waals surface area contributed by atoms with Gasteiger partial charge in [-0.05, 0) is 24.0 Å². The van der Waals surface area contributed by atoms with E-state index in [0.29, 0.717) is 5.92 Å². The summed E-state index contributed by atoms with van der Waals surface area (Å²) in [6.45, 7) is 4.30. The number of benzene rings is 1. The summed E-state index contributed by atoms with van der Waals surface area (Å²) >= 11 is 0. The predicted octanol–water partition coefficient (Wildman–Crippen LogP) is 2.02. The normalized spacial score (nSPS) is 12.8. The van der Waals surface area contributed by atoms with Crippen molar-refractivity contribution >= 4 is 5.84 Å². The topological polar surface area (TPSA) is 75.9 Å². The minimum absolute atomic E-state index is 0.0318. The van der Waals surface area contributed by atoms with Crippen molar-refractivity contribution in [2.45, 2.75) is 26.3 Å². The Bertz CT molecular complexity index is 344. The van der Waals surface area contributed by atoms with Gasteiger partial charge in [-0.3, -0.25) is 5.41 Å². The van der Waals surface area contributed by atoms with Gasteiger partial charge in [0.1, 0.15) is 5.84 Å². The van der Waals surface area contributed by atoms with E-state index >= 15 is 0 Å². The van der Waals surface area contributed by atoms with Crippen molar-refractivity contribution in [1.29, 1.82) is 5.41 Å². The average molecular weight is 205 g/mol. The predicted molar refractivity (Wildman–Crippen MR) is 63.8 cm³/mol. The van der Waals surface area contributed by atoms with Crippen LogP contribution in [0.2, 0.25) is 0 Å². The zero-order chi connectivity index (χ0) is 11.4. The van der Waals surface area contributed by atoms with Crippen LogP contribution in [0.3, 0.4) is 0 Å². The smallest absolute Gasteiger partial charge is 0.122 e. The Morgan fingerprint density at radius 3 is 2.60 bits per heavy atom. The molecule has 3 heteroatoms. The molecule has 0 fully saturated rings. The minimum atomic E-state index is 0.0318. The Morgan fingerprint density at radius 2 is 2.07 bits per heavy atom. The average Bonchev–Trinajstić information content (AvgIpc) is 2.17. The van der Waals surface area contributed by atoms with E-state index in [2.05, 4.69) is 13.8 Å². The van der Waals surface area contributed by atoms with E-state index in [1.54, 1.807) is 0 Å². The van der Waals surface area contributed by atoms with Crippen LogP contribution in [-0.4, -0.2) is 5.84 Å². The number of nitrogens with one attached hydrogen (secondary N) is 1. The molecule has 0 aromatic heterocycles. The molecule has 0 saturated heterocycles. The second-order valence-corrected chi connectivity index (χ2v) is 4.28. The van der Waals surface area contributed by atoms with Crippen LogP contribution in [-0.2, 0) is 0 Å². The van der Waals surface area contributed by atoms with Crippen LogP contribution in [0.15, 0.2) is 24.3 Å². The molecule has 1 unspecified atom stereocenters. The van der Waals surface area contributed by atoms with Crippen LogP contribution in [0.25, 0.3) is 0 Å². The van der Waals surface area contributed by atoms with Crippen LogP contribution >= 0.6 is 0 Å². The Balaban J connectivity index is 2.85. The van der Waals surface area contributed by atoms with E-state index in [9.17, 15) is 0 Å². The molecule has 0 spiro atoms. The maximum atomic E-state index is 7.35. The van der Waals surface area contributed by atoms with Crippen LogP contribution in [0.5, 0.6) is 0 Å². The molecule has 0 bridgehead atoms. The Labute approximate surface area is 91.0 Å². The Hall–Kier alpha value is -1.35. The summed E-state index contributed by atoms with van der Waals surface area (Å²) in [4.78, 5) is 0. The van der Waals surface area contributed by atoms with Gasteiger partial charge in [-0.1, -0.05) is 32.0 Å². The highest BCUT2D eigenvalue weighted by atomic mass is 14.7. The summed E-state index contributed by atoms with van der Waals surface area (Å²) in [5.41, 5.74) is 13.3. The molecular weight excluding hydrogens is 186 g/mol. The van der Waals surface area contributed by atoms with Crippen molar-refractivity contribution in [1.82, 2.24) is 0 Å². The van der Waals surface area contributed by atoms with Gasteiger partial charge in [0, 0.05) is 11.6 Å². The SMILES string of the molecule is CC(C)CC(N)c1cccc(C(=N)N)c1. The van der Waals surface area contributed by atoms with Crippen molar-refractivity contribution < 1.29 is 0 Å². The molecule has 1 atom stereocenters. The van der Waals surface area contributed by atoms with Gasteiger partial charge in [0.25, 0.3) is 0 Å². The number of hydrogen-bond donors (Lipinski definition) is 3. The summed E-state index contributed by atoms with van der Waals surface area (Å²) in [6.07, 6.45) is 0.946. The molecule has 0 amide bonds. The standard InChI is InChI=1S/C12H19N3/c1-8(2)6-11(13)9-4-3-5-10(7-9)12(14)15/h3-5,7-8,11H,6,13H2,1-2H3,(H3,14,15). The lowest BCUT2D eigenvalue weighted by Crippen LogP contribution is -2.15. The molecule has 82 valence electrons. The molecule has 1 rings (SSSR count). The molecule has 1 aromatic carbocycles. The summed E-state index contributed by atoms with van der Waals surface area (Å²) in [7, 11) is 0. The molecule has 0 saturated carbocycles. The number of rotatable bonds is 4. The van der Waals surface area contributed by atoms with Crippen molar-refractivity contribution in [2.75, 3.05) is 0 Å². The molecule has 0 heterocycles. The van der Waals surface area contributed by atoms with Crippen LogP contribution < -0.4 is 11.5 Å². The van der Waals surface area contributed by atoms with Crippen LogP contribution in [0.1, 0.15) is 37.4 Å². The maximum Gasteiger partial charge on any atom is 0.122 e. The number of nitrogen functional groups attached to an aromatic ring is 1. The Kier molecular flexibility index (Phi) is 3.86. The molecule has 1 aromatic rings. The molecule has 0 aliphatic heterocycles. The molecule has 3 nitrogen and oxygen atoms in total. The van der Waals surface area contributed by atoms with Gasteiger partial charge >= 0.3 is 0 Å². The first-order chi connectivity index (χ1) is 7.00. The van der Waals surface area contributed by atoms with E-state index in [1.807, 2.05) is 24.3 Å². The zero-order valence-electron chi connectivity index (χ0n) is 9.33.